The predicted octanol–water partition coefficient (Wildman–Crippen LogP) is 1.66. The summed E-state index contributed by atoms with van der Waals surface area (Å²) >= 11 is 0. The number of halogens is 1. The van der Waals surface area contributed by atoms with Gasteiger partial charge in [-0.05, 0) is 30.7 Å². The first kappa shape index (κ1) is 13.8. The Morgan fingerprint density at radius 2 is 1.84 bits per heavy atom. The predicted molar refractivity (Wildman–Crippen MR) is 76.2 cm³/mol. The maximum absolute atomic E-state index is 12.9. The van der Waals surface area contributed by atoms with Crippen molar-refractivity contribution in [3.63, 3.8) is 0 Å². The third-order valence-electron chi connectivity index (χ3n) is 3.69. The molecule has 0 radical (unpaired) electrons. The highest BCUT2D eigenvalue weighted by Crippen LogP contribution is 2.18. The van der Waals surface area contributed by atoms with Gasteiger partial charge in [0, 0.05) is 31.9 Å². The van der Waals surface area contributed by atoms with E-state index in [4.69, 9.17) is 11.1 Å². The Hall–Kier alpha value is -1.62. The Kier molecular flexibility index (Phi) is 4.37. The second kappa shape index (κ2) is 6.02. The van der Waals surface area contributed by atoms with Gasteiger partial charge in [0.15, 0.2) is 0 Å². The van der Waals surface area contributed by atoms with Crippen LogP contribution in [0.1, 0.15) is 13.3 Å². The second-order valence-electron chi connectivity index (χ2n) is 4.88. The molecule has 104 valence electrons. The number of benzene rings is 1. The topological polar surface area (TPSA) is 56.4 Å². The zero-order valence-electron chi connectivity index (χ0n) is 11.3. The standard InChI is InChI=1S/C14H21FN4/c1-2-13(14(16)17)19-9-7-18(8-10-19)12-5-3-11(15)4-6-12/h3-6,13H,2,7-10H2,1H3,(H3,16,17). The van der Waals surface area contributed by atoms with E-state index in [1.54, 1.807) is 0 Å². The fourth-order valence-electron chi connectivity index (χ4n) is 2.62. The van der Waals surface area contributed by atoms with Gasteiger partial charge in [0.25, 0.3) is 0 Å². The van der Waals surface area contributed by atoms with Crippen LogP contribution in [0.25, 0.3) is 0 Å². The molecule has 1 aliphatic rings. The highest BCUT2D eigenvalue weighted by Gasteiger charge is 2.24. The summed E-state index contributed by atoms with van der Waals surface area (Å²) in [6.45, 7) is 5.59. The molecule has 0 aromatic heterocycles. The number of hydrogen-bond acceptors (Lipinski definition) is 3. The number of hydrogen-bond donors (Lipinski definition) is 2. The highest BCUT2D eigenvalue weighted by molar-refractivity contribution is 5.82. The van der Waals surface area contributed by atoms with Crippen LogP contribution < -0.4 is 10.6 Å². The Bertz CT molecular complexity index is 424. The van der Waals surface area contributed by atoms with Crippen LogP contribution in [0, 0.1) is 11.2 Å². The lowest BCUT2D eigenvalue weighted by molar-refractivity contribution is 0.222. The molecule has 0 amide bonds. The van der Waals surface area contributed by atoms with Crippen LogP contribution in [-0.4, -0.2) is 43.0 Å². The molecule has 5 heteroatoms. The molecule has 1 aromatic rings. The molecule has 1 aliphatic heterocycles. The summed E-state index contributed by atoms with van der Waals surface area (Å²) in [5.74, 6) is 0.0442. The van der Waals surface area contributed by atoms with Gasteiger partial charge in [0.2, 0.25) is 0 Å². The minimum absolute atomic E-state index is 0.0513. The first-order chi connectivity index (χ1) is 9.11. The van der Waals surface area contributed by atoms with Crippen molar-refractivity contribution >= 4 is 11.5 Å². The van der Waals surface area contributed by atoms with Crippen LogP contribution in [0.2, 0.25) is 0 Å². The number of piperazine rings is 1. The third-order valence-corrected chi connectivity index (χ3v) is 3.69. The van der Waals surface area contributed by atoms with Crippen molar-refractivity contribution in [2.24, 2.45) is 5.73 Å². The Morgan fingerprint density at radius 3 is 2.32 bits per heavy atom. The monoisotopic (exact) mass is 264 g/mol. The van der Waals surface area contributed by atoms with Crippen molar-refractivity contribution < 1.29 is 4.39 Å². The quantitative estimate of drug-likeness (QED) is 0.642. The van der Waals surface area contributed by atoms with Crippen LogP contribution in [0.4, 0.5) is 10.1 Å². The number of anilines is 1. The van der Waals surface area contributed by atoms with Crippen LogP contribution in [0.15, 0.2) is 24.3 Å². The molecule has 4 nitrogen and oxygen atoms in total. The molecule has 1 atom stereocenters. The van der Waals surface area contributed by atoms with Gasteiger partial charge in [0.05, 0.1) is 6.04 Å². The fourth-order valence-corrected chi connectivity index (χ4v) is 2.62. The van der Waals surface area contributed by atoms with Crippen LogP contribution in [-0.2, 0) is 0 Å². The van der Waals surface area contributed by atoms with E-state index in [1.807, 2.05) is 12.1 Å². The first-order valence-electron chi connectivity index (χ1n) is 6.70. The molecule has 1 heterocycles. The van der Waals surface area contributed by atoms with Crippen molar-refractivity contribution in [1.82, 2.24) is 4.90 Å². The first-order valence-corrected chi connectivity index (χ1v) is 6.70. The van der Waals surface area contributed by atoms with Crippen molar-refractivity contribution in [2.75, 3.05) is 31.1 Å². The minimum atomic E-state index is -0.204. The lowest BCUT2D eigenvalue weighted by atomic mass is 10.1. The van der Waals surface area contributed by atoms with Gasteiger partial charge in [-0.3, -0.25) is 10.3 Å². The Labute approximate surface area is 113 Å². The molecule has 0 saturated carbocycles. The zero-order valence-corrected chi connectivity index (χ0v) is 11.3. The summed E-state index contributed by atoms with van der Waals surface area (Å²) in [4.78, 5) is 4.49. The highest BCUT2D eigenvalue weighted by atomic mass is 19.1. The molecular weight excluding hydrogens is 243 g/mol. The van der Waals surface area contributed by atoms with Gasteiger partial charge in [-0.15, -0.1) is 0 Å². The number of nitrogens with one attached hydrogen (secondary N) is 1. The van der Waals surface area contributed by atoms with Gasteiger partial charge >= 0.3 is 0 Å². The van der Waals surface area contributed by atoms with Gasteiger partial charge in [0.1, 0.15) is 11.7 Å². The largest absolute Gasteiger partial charge is 0.386 e. The molecule has 0 bridgehead atoms. The van der Waals surface area contributed by atoms with Crippen molar-refractivity contribution in [3.05, 3.63) is 30.1 Å². The molecule has 0 spiro atoms. The molecule has 1 fully saturated rings. The molecule has 1 saturated heterocycles. The van der Waals surface area contributed by atoms with Gasteiger partial charge in [-0.1, -0.05) is 6.92 Å². The Morgan fingerprint density at radius 1 is 1.26 bits per heavy atom. The molecule has 19 heavy (non-hydrogen) atoms. The smallest absolute Gasteiger partial charge is 0.123 e. The van der Waals surface area contributed by atoms with Crippen LogP contribution in [0.3, 0.4) is 0 Å². The maximum Gasteiger partial charge on any atom is 0.123 e. The van der Waals surface area contributed by atoms with Gasteiger partial charge in [-0.25, -0.2) is 4.39 Å². The average molecular weight is 264 g/mol. The summed E-state index contributed by atoms with van der Waals surface area (Å²) in [6.07, 6.45) is 0.867. The SMILES string of the molecule is CCC(C(=N)N)N1CCN(c2ccc(F)cc2)CC1. The number of rotatable bonds is 4. The van der Waals surface area contributed by atoms with E-state index in [2.05, 4.69) is 16.7 Å². The van der Waals surface area contributed by atoms with E-state index >= 15 is 0 Å². The number of amidine groups is 1. The van der Waals surface area contributed by atoms with E-state index in [9.17, 15) is 4.39 Å². The lowest BCUT2D eigenvalue weighted by Gasteiger charge is -2.39. The molecule has 1 aromatic carbocycles. The summed E-state index contributed by atoms with van der Waals surface area (Å²) < 4.78 is 12.9. The summed E-state index contributed by atoms with van der Waals surface area (Å²) in [6, 6.07) is 6.66. The van der Waals surface area contributed by atoms with Gasteiger partial charge < -0.3 is 10.6 Å². The zero-order chi connectivity index (χ0) is 13.8. The molecule has 1 unspecified atom stereocenters. The molecule has 2 rings (SSSR count). The summed E-state index contributed by atoms with van der Waals surface area (Å²) in [5, 5.41) is 7.61. The van der Waals surface area contributed by atoms with E-state index in [-0.39, 0.29) is 17.7 Å². The average Bonchev–Trinajstić information content (AvgIpc) is 2.41. The van der Waals surface area contributed by atoms with Crippen LogP contribution in [0.5, 0.6) is 0 Å². The maximum atomic E-state index is 12.9. The van der Waals surface area contributed by atoms with Crippen molar-refractivity contribution in [1.29, 1.82) is 5.41 Å². The Balaban J connectivity index is 1.95. The van der Waals surface area contributed by atoms with E-state index < -0.39 is 0 Å². The third kappa shape index (κ3) is 3.23. The molecule has 3 N–H and O–H groups in total. The summed E-state index contributed by atoms with van der Waals surface area (Å²) in [7, 11) is 0. The van der Waals surface area contributed by atoms with E-state index in [0.29, 0.717) is 0 Å². The van der Waals surface area contributed by atoms with Crippen molar-refractivity contribution in [3.8, 4) is 0 Å². The lowest BCUT2D eigenvalue weighted by Crippen LogP contribution is -2.53. The minimum Gasteiger partial charge on any atom is -0.386 e. The van der Waals surface area contributed by atoms with E-state index in [1.165, 1.54) is 12.1 Å². The van der Waals surface area contributed by atoms with Crippen molar-refractivity contribution in [2.45, 2.75) is 19.4 Å². The number of nitrogens with two attached hydrogens (primary N) is 1. The molecule has 0 aliphatic carbocycles. The fraction of sp³-hybridized carbons (Fsp3) is 0.500. The normalized spacial score (nSPS) is 18.3. The molecular formula is C14H21FN4. The second-order valence-corrected chi connectivity index (χ2v) is 4.88. The number of nitrogens with zero attached hydrogens (tertiary/aromatic N) is 2. The van der Waals surface area contributed by atoms with Crippen LogP contribution >= 0.6 is 0 Å². The van der Waals surface area contributed by atoms with E-state index in [0.717, 1.165) is 38.3 Å². The summed E-state index contributed by atoms with van der Waals surface area (Å²) in [5.41, 5.74) is 6.68. The van der Waals surface area contributed by atoms with Gasteiger partial charge in [-0.2, -0.15) is 0 Å².